The molecule has 0 fully saturated rings. The molecule has 0 aliphatic heterocycles. The van der Waals surface area contributed by atoms with Gasteiger partial charge in [0.05, 0.1) is 21.3 Å². The molecule has 2 rings (SSSR count). The van der Waals surface area contributed by atoms with Gasteiger partial charge in [0.25, 0.3) is 5.91 Å². The fraction of sp³-hybridized carbons (Fsp3) is 0.273. The molecule has 0 atom stereocenters. The molecule has 0 saturated carbocycles. The standard InChI is InChI=1S/C11H9F3N2OS/c1-4-5(2)18-9-7(11(12,13)14)6(10(15)17)3-16-8(4)9/h3H,1-2H3,(H2,15,17). The third-order valence-electron chi connectivity index (χ3n) is 2.72. The first-order valence-corrected chi connectivity index (χ1v) is 5.80. The van der Waals surface area contributed by atoms with Crippen LogP contribution in [0.2, 0.25) is 0 Å². The maximum atomic E-state index is 13.1. The quantitative estimate of drug-likeness (QED) is 0.869. The zero-order valence-electron chi connectivity index (χ0n) is 9.55. The molecular weight excluding hydrogens is 265 g/mol. The molecule has 0 unspecified atom stereocenters. The minimum Gasteiger partial charge on any atom is -0.366 e. The summed E-state index contributed by atoms with van der Waals surface area (Å²) in [5, 5.41) is 0. The van der Waals surface area contributed by atoms with Gasteiger partial charge in [-0.1, -0.05) is 0 Å². The van der Waals surface area contributed by atoms with Gasteiger partial charge < -0.3 is 5.73 Å². The van der Waals surface area contributed by atoms with Crippen LogP contribution in [0.25, 0.3) is 10.2 Å². The SMILES string of the molecule is Cc1sc2c(C(F)(F)F)c(C(N)=O)cnc2c1C. The second kappa shape index (κ2) is 3.94. The summed E-state index contributed by atoms with van der Waals surface area (Å²) in [5.74, 6) is -1.12. The third kappa shape index (κ3) is 1.84. The molecule has 1 amide bonds. The molecule has 0 spiro atoms. The fourth-order valence-electron chi connectivity index (χ4n) is 1.72. The summed E-state index contributed by atoms with van der Waals surface area (Å²) in [4.78, 5) is 15.7. The molecule has 0 saturated heterocycles. The van der Waals surface area contributed by atoms with Crippen molar-refractivity contribution in [3.8, 4) is 0 Å². The van der Waals surface area contributed by atoms with Crippen LogP contribution in [0.5, 0.6) is 0 Å². The number of halogens is 3. The molecule has 0 aromatic carbocycles. The second-order valence-electron chi connectivity index (χ2n) is 3.87. The van der Waals surface area contributed by atoms with Crippen molar-refractivity contribution in [1.82, 2.24) is 4.98 Å². The van der Waals surface area contributed by atoms with Gasteiger partial charge in [-0.15, -0.1) is 11.3 Å². The van der Waals surface area contributed by atoms with E-state index in [2.05, 4.69) is 4.98 Å². The number of aryl methyl sites for hydroxylation is 2. The van der Waals surface area contributed by atoms with Gasteiger partial charge in [0, 0.05) is 11.1 Å². The number of thiophene rings is 1. The lowest BCUT2D eigenvalue weighted by atomic mass is 10.1. The lowest BCUT2D eigenvalue weighted by Crippen LogP contribution is -2.19. The van der Waals surface area contributed by atoms with E-state index in [0.29, 0.717) is 5.56 Å². The number of amides is 1. The average molecular weight is 274 g/mol. The van der Waals surface area contributed by atoms with Crippen LogP contribution in [0.15, 0.2) is 6.20 Å². The molecule has 7 heteroatoms. The van der Waals surface area contributed by atoms with Crippen LogP contribution in [0.1, 0.15) is 26.4 Å². The van der Waals surface area contributed by atoms with Crippen molar-refractivity contribution in [3.63, 3.8) is 0 Å². The highest BCUT2D eigenvalue weighted by Crippen LogP contribution is 2.41. The first kappa shape index (κ1) is 12.8. The number of fused-ring (bicyclic) bond motifs is 1. The number of carbonyl (C=O) groups is 1. The van der Waals surface area contributed by atoms with Crippen molar-refractivity contribution in [2.75, 3.05) is 0 Å². The van der Waals surface area contributed by atoms with Crippen molar-refractivity contribution in [3.05, 3.63) is 27.8 Å². The van der Waals surface area contributed by atoms with Crippen molar-refractivity contribution < 1.29 is 18.0 Å². The van der Waals surface area contributed by atoms with Crippen LogP contribution in [-0.2, 0) is 6.18 Å². The Bertz CT molecular complexity index is 646. The van der Waals surface area contributed by atoms with E-state index in [1.807, 2.05) is 0 Å². The predicted octanol–water partition coefficient (Wildman–Crippen LogP) is 3.03. The average Bonchev–Trinajstić information content (AvgIpc) is 2.52. The highest BCUT2D eigenvalue weighted by atomic mass is 32.1. The number of rotatable bonds is 1. The van der Waals surface area contributed by atoms with Crippen LogP contribution in [-0.4, -0.2) is 10.9 Å². The number of pyridine rings is 1. The Hall–Kier alpha value is -1.63. The van der Waals surface area contributed by atoms with Crippen LogP contribution in [0, 0.1) is 13.8 Å². The second-order valence-corrected chi connectivity index (χ2v) is 5.09. The molecule has 0 bridgehead atoms. The number of primary amides is 1. The number of aromatic nitrogens is 1. The number of nitrogens with two attached hydrogens (primary N) is 1. The van der Waals surface area contributed by atoms with Gasteiger partial charge in [0.2, 0.25) is 0 Å². The highest BCUT2D eigenvalue weighted by molar-refractivity contribution is 7.19. The number of alkyl halides is 3. The molecular formula is C11H9F3N2OS. The van der Waals surface area contributed by atoms with E-state index in [-0.39, 0.29) is 10.2 Å². The molecule has 2 N–H and O–H groups in total. The number of hydrogen-bond donors (Lipinski definition) is 1. The molecule has 0 radical (unpaired) electrons. The number of carbonyl (C=O) groups excluding carboxylic acids is 1. The summed E-state index contributed by atoms with van der Waals surface area (Å²) in [6, 6.07) is 0. The van der Waals surface area contributed by atoms with Gasteiger partial charge in [0.1, 0.15) is 0 Å². The zero-order valence-corrected chi connectivity index (χ0v) is 10.4. The van der Waals surface area contributed by atoms with E-state index in [9.17, 15) is 18.0 Å². The summed E-state index contributed by atoms with van der Waals surface area (Å²) in [5.41, 5.74) is 4.37. The predicted molar refractivity (Wildman–Crippen MR) is 62.6 cm³/mol. The normalized spacial score (nSPS) is 12.1. The Labute approximate surface area is 104 Å². The molecule has 0 aliphatic rings. The monoisotopic (exact) mass is 274 g/mol. The summed E-state index contributed by atoms with van der Waals surface area (Å²) in [7, 11) is 0. The van der Waals surface area contributed by atoms with E-state index in [0.717, 1.165) is 22.4 Å². The molecule has 3 nitrogen and oxygen atoms in total. The van der Waals surface area contributed by atoms with Gasteiger partial charge in [-0.05, 0) is 19.4 Å². The third-order valence-corrected chi connectivity index (χ3v) is 3.94. The van der Waals surface area contributed by atoms with Crippen molar-refractivity contribution in [1.29, 1.82) is 0 Å². The first-order chi connectivity index (χ1) is 8.23. The first-order valence-electron chi connectivity index (χ1n) is 4.99. The van der Waals surface area contributed by atoms with Gasteiger partial charge in [0.15, 0.2) is 0 Å². The van der Waals surface area contributed by atoms with E-state index in [1.54, 1.807) is 13.8 Å². The summed E-state index contributed by atoms with van der Waals surface area (Å²) in [6.45, 7) is 3.41. The van der Waals surface area contributed by atoms with E-state index >= 15 is 0 Å². The van der Waals surface area contributed by atoms with Gasteiger partial charge in [-0.3, -0.25) is 9.78 Å². The van der Waals surface area contributed by atoms with Crippen molar-refractivity contribution in [2.24, 2.45) is 5.73 Å². The maximum absolute atomic E-state index is 13.1. The molecule has 2 heterocycles. The highest BCUT2D eigenvalue weighted by Gasteiger charge is 2.38. The molecule has 2 aromatic rings. The Kier molecular flexibility index (Phi) is 2.81. The van der Waals surface area contributed by atoms with Gasteiger partial charge in [-0.2, -0.15) is 13.2 Å². The minimum atomic E-state index is -4.63. The van der Waals surface area contributed by atoms with Crippen LogP contribution < -0.4 is 5.73 Å². The zero-order chi connectivity index (χ0) is 13.7. The number of nitrogens with zero attached hydrogens (tertiary/aromatic N) is 1. The fourth-order valence-corrected chi connectivity index (χ4v) is 2.91. The number of hydrogen-bond acceptors (Lipinski definition) is 3. The lowest BCUT2D eigenvalue weighted by molar-refractivity contribution is -0.136. The summed E-state index contributed by atoms with van der Waals surface area (Å²) < 4.78 is 39.1. The molecule has 96 valence electrons. The van der Waals surface area contributed by atoms with Gasteiger partial charge in [-0.25, -0.2) is 0 Å². The van der Waals surface area contributed by atoms with Crippen molar-refractivity contribution >= 4 is 27.5 Å². The largest absolute Gasteiger partial charge is 0.418 e. The van der Waals surface area contributed by atoms with Crippen LogP contribution >= 0.6 is 11.3 Å². The van der Waals surface area contributed by atoms with E-state index in [4.69, 9.17) is 5.73 Å². The molecule has 2 aromatic heterocycles. The Morgan fingerprint density at radius 2 is 2.00 bits per heavy atom. The Morgan fingerprint density at radius 3 is 2.50 bits per heavy atom. The molecule has 0 aliphatic carbocycles. The lowest BCUT2D eigenvalue weighted by Gasteiger charge is -2.11. The Balaban J connectivity index is 2.95. The van der Waals surface area contributed by atoms with E-state index < -0.39 is 23.2 Å². The van der Waals surface area contributed by atoms with Crippen molar-refractivity contribution in [2.45, 2.75) is 20.0 Å². The topological polar surface area (TPSA) is 56.0 Å². The van der Waals surface area contributed by atoms with Crippen LogP contribution in [0.3, 0.4) is 0 Å². The smallest absolute Gasteiger partial charge is 0.366 e. The minimum absolute atomic E-state index is 0.0335. The summed E-state index contributed by atoms with van der Waals surface area (Å²) >= 11 is 0.974. The van der Waals surface area contributed by atoms with E-state index in [1.165, 1.54) is 0 Å². The van der Waals surface area contributed by atoms with Crippen LogP contribution in [0.4, 0.5) is 13.2 Å². The Morgan fingerprint density at radius 1 is 1.39 bits per heavy atom. The van der Waals surface area contributed by atoms with Gasteiger partial charge >= 0.3 is 6.18 Å². The maximum Gasteiger partial charge on any atom is 0.418 e. The molecule has 18 heavy (non-hydrogen) atoms. The summed E-state index contributed by atoms with van der Waals surface area (Å²) in [6.07, 6.45) is -3.73.